The molecule has 17 heavy (non-hydrogen) atoms. The predicted molar refractivity (Wildman–Crippen MR) is 68.9 cm³/mol. The summed E-state index contributed by atoms with van der Waals surface area (Å²) in [7, 11) is 4.11. The Morgan fingerprint density at radius 1 is 1.35 bits per heavy atom. The van der Waals surface area contributed by atoms with Crippen molar-refractivity contribution in [2.45, 2.75) is 44.2 Å². The molecule has 98 valence electrons. The third kappa shape index (κ3) is 3.19. The average Bonchev–Trinajstić information content (AvgIpc) is 2.75. The van der Waals surface area contributed by atoms with Gasteiger partial charge in [0, 0.05) is 19.6 Å². The third-order valence-corrected chi connectivity index (χ3v) is 4.14. The van der Waals surface area contributed by atoms with E-state index < -0.39 is 0 Å². The average molecular weight is 239 g/mol. The van der Waals surface area contributed by atoms with Gasteiger partial charge in [0.25, 0.3) is 0 Å². The van der Waals surface area contributed by atoms with Crippen molar-refractivity contribution in [1.82, 2.24) is 15.1 Å². The number of amides is 1. The van der Waals surface area contributed by atoms with Crippen LogP contribution in [-0.4, -0.2) is 61.5 Å². The highest BCUT2D eigenvalue weighted by Gasteiger charge is 2.27. The number of likely N-dealkylation sites (tertiary alicyclic amines) is 1. The van der Waals surface area contributed by atoms with Gasteiger partial charge in [-0.2, -0.15) is 0 Å². The van der Waals surface area contributed by atoms with Crippen LogP contribution in [-0.2, 0) is 4.79 Å². The van der Waals surface area contributed by atoms with Gasteiger partial charge in [0.05, 0.1) is 6.04 Å². The van der Waals surface area contributed by atoms with E-state index in [9.17, 15) is 4.79 Å². The lowest BCUT2D eigenvalue weighted by molar-refractivity contribution is -0.133. The van der Waals surface area contributed by atoms with Gasteiger partial charge in [0.2, 0.25) is 5.91 Å². The fourth-order valence-electron chi connectivity index (χ4n) is 2.94. The first-order chi connectivity index (χ1) is 8.18. The summed E-state index contributed by atoms with van der Waals surface area (Å²) < 4.78 is 0. The first kappa shape index (κ1) is 12.8. The van der Waals surface area contributed by atoms with Crippen molar-refractivity contribution >= 4 is 5.91 Å². The van der Waals surface area contributed by atoms with Crippen LogP contribution < -0.4 is 5.32 Å². The summed E-state index contributed by atoms with van der Waals surface area (Å²) in [6.45, 7) is 3.05. The second-order valence-electron chi connectivity index (χ2n) is 5.50. The molecular formula is C13H25N3O. The molecule has 1 amide bonds. The number of nitrogens with zero attached hydrogens (tertiary/aromatic N) is 2. The quantitative estimate of drug-likeness (QED) is 0.787. The van der Waals surface area contributed by atoms with Gasteiger partial charge < -0.3 is 15.1 Å². The van der Waals surface area contributed by atoms with Crippen molar-refractivity contribution in [3.8, 4) is 0 Å². The van der Waals surface area contributed by atoms with E-state index >= 15 is 0 Å². The van der Waals surface area contributed by atoms with Gasteiger partial charge in [0.1, 0.15) is 0 Å². The number of hydrogen-bond donors (Lipinski definition) is 1. The van der Waals surface area contributed by atoms with Gasteiger partial charge in [0.15, 0.2) is 0 Å². The van der Waals surface area contributed by atoms with Crippen molar-refractivity contribution in [2.75, 3.05) is 33.7 Å². The SMILES string of the molecule is CN(CC1CCCN1C)C(=O)[C@H]1CCCCN1. The highest BCUT2D eigenvalue weighted by molar-refractivity contribution is 5.81. The van der Waals surface area contributed by atoms with Crippen molar-refractivity contribution < 1.29 is 4.79 Å². The molecule has 2 fully saturated rings. The molecule has 2 atom stereocenters. The summed E-state index contributed by atoms with van der Waals surface area (Å²) in [6.07, 6.45) is 5.89. The van der Waals surface area contributed by atoms with Crippen LogP contribution >= 0.6 is 0 Å². The number of carbonyl (C=O) groups is 1. The van der Waals surface area contributed by atoms with Crippen LogP contribution in [0.3, 0.4) is 0 Å². The Morgan fingerprint density at radius 2 is 2.18 bits per heavy atom. The van der Waals surface area contributed by atoms with Crippen molar-refractivity contribution in [3.63, 3.8) is 0 Å². The Labute approximate surface area is 104 Å². The largest absolute Gasteiger partial charge is 0.343 e. The number of likely N-dealkylation sites (N-methyl/N-ethyl adjacent to an activating group) is 2. The van der Waals surface area contributed by atoms with Gasteiger partial charge in [-0.15, -0.1) is 0 Å². The van der Waals surface area contributed by atoms with Gasteiger partial charge in [-0.25, -0.2) is 0 Å². The molecule has 2 aliphatic rings. The maximum absolute atomic E-state index is 12.2. The smallest absolute Gasteiger partial charge is 0.239 e. The minimum absolute atomic E-state index is 0.0699. The maximum Gasteiger partial charge on any atom is 0.239 e. The molecular weight excluding hydrogens is 214 g/mol. The lowest BCUT2D eigenvalue weighted by Gasteiger charge is -2.30. The predicted octanol–water partition coefficient (Wildman–Crippen LogP) is 0.681. The van der Waals surface area contributed by atoms with Crippen LogP contribution in [0.5, 0.6) is 0 Å². The van der Waals surface area contributed by atoms with Crippen molar-refractivity contribution in [2.24, 2.45) is 0 Å². The zero-order chi connectivity index (χ0) is 12.3. The summed E-state index contributed by atoms with van der Waals surface area (Å²) in [5.74, 6) is 0.282. The van der Waals surface area contributed by atoms with Crippen LogP contribution in [0.25, 0.3) is 0 Å². The topological polar surface area (TPSA) is 35.6 Å². The molecule has 1 unspecified atom stereocenters. The van der Waals surface area contributed by atoms with Gasteiger partial charge >= 0.3 is 0 Å². The Balaban J connectivity index is 1.81. The minimum Gasteiger partial charge on any atom is -0.343 e. The summed E-state index contributed by atoms with van der Waals surface area (Å²) in [4.78, 5) is 16.5. The van der Waals surface area contributed by atoms with Crippen molar-refractivity contribution in [3.05, 3.63) is 0 Å². The normalized spacial score (nSPS) is 30.5. The van der Waals surface area contributed by atoms with Crippen LogP contribution in [0.1, 0.15) is 32.1 Å². The molecule has 0 spiro atoms. The zero-order valence-corrected chi connectivity index (χ0v) is 11.1. The van der Waals surface area contributed by atoms with E-state index in [4.69, 9.17) is 0 Å². The number of piperidine rings is 1. The molecule has 0 aromatic heterocycles. The molecule has 0 aromatic carbocycles. The number of hydrogen-bond acceptors (Lipinski definition) is 3. The Bertz CT molecular complexity index is 263. The number of carbonyl (C=O) groups excluding carboxylic acids is 1. The second-order valence-corrected chi connectivity index (χ2v) is 5.50. The first-order valence-corrected chi connectivity index (χ1v) is 6.87. The highest BCUT2D eigenvalue weighted by atomic mass is 16.2. The molecule has 0 saturated carbocycles. The van der Waals surface area contributed by atoms with E-state index in [-0.39, 0.29) is 11.9 Å². The summed E-state index contributed by atoms with van der Waals surface area (Å²) in [5.41, 5.74) is 0. The monoisotopic (exact) mass is 239 g/mol. The van der Waals surface area contributed by atoms with Gasteiger partial charge in [-0.05, 0) is 45.8 Å². The van der Waals surface area contributed by atoms with E-state index in [1.54, 1.807) is 0 Å². The van der Waals surface area contributed by atoms with Crippen LogP contribution in [0, 0.1) is 0 Å². The molecule has 4 nitrogen and oxygen atoms in total. The minimum atomic E-state index is 0.0699. The molecule has 0 radical (unpaired) electrons. The summed E-state index contributed by atoms with van der Waals surface area (Å²) >= 11 is 0. The lowest BCUT2D eigenvalue weighted by Crippen LogP contribution is -2.50. The lowest BCUT2D eigenvalue weighted by atomic mass is 10.0. The number of nitrogens with one attached hydrogen (secondary N) is 1. The third-order valence-electron chi connectivity index (χ3n) is 4.14. The molecule has 0 aliphatic carbocycles. The number of rotatable bonds is 3. The molecule has 2 heterocycles. The molecule has 2 saturated heterocycles. The molecule has 2 aliphatic heterocycles. The molecule has 4 heteroatoms. The van der Waals surface area contributed by atoms with E-state index in [0.29, 0.717) is 6.04 Å². The van der Waals surface area contributed by atoms with Gasteiger partial charge in [-0.1, -0.05) is 6.42 Å². The first-order valence-electron chi connectivity index (χ1n) is 6.87. The van der Waals surface area contributed by atoms with E-state index in [2.05, 4.69) is 17.3 Å². The zero-order valence-electron chi connectivity index (χ0n) is 11.1. The second kappa shape index (κ2) is 5.83. The molecule has 0 bridgehead atoms. The van der Waals surface area contributed by atoms with Crippen molar-refractivity contribution in [1.29, 1.82) is 0 Å². The highest BCUT2D eigenvalue weighted by Crippen LogP contribution is 2.16. The summed E-state index contributed by atoms with van der Waals surface area (Å²) in [5, 5.41) is 3.33. The van der Waals surface area contributed by atoms with Crippen LogP contribution in [0.2, 0.25) is 0 Å². The Hall–Kier alpha value is -0.610. The van der Waals surface area contributed by atoms with E-state index in [1.807, 2.05) is 11.9 Å². The molecule has 2 rings (SSSR count). The molecule has 1 N–H and O–H groups in total. The molecule has 0 aromatic rings. The Kier molecular flexibility index (Phi) is 4.40. The van der Waals surface area contributed by atoms with Gasteiger partial charge in [-0.3, -0.25) is 4.79 Å². The fourth-order valence-corrected chi connectivity index (χ4v) is 2.94. The van der Waals surface area contributed by atoms with Crippen LogP contribution in [0.4, 0.5) is 0 Å². The standard InChI is InChI=1S/C13H25N3O/c1-15-9-5-6-11(15)10-16(2)13(17)12-7-3-4-8-14-12/h11-12,14H,3-10H2,1-2H3/t11?,12-/m1/s1. The Morgan fingerprint density at radius 3 is 2.76 bits per heavy atom. The maximum atomic E-state index is 12.2. The van der Waals surface area contributed by atoms with Crippen LogP contribution in [0.15, 0.2) is 0 Å². The summed E-state index contributed by atoms with van der Waals surface area (Å²) in [6, 6.07) is 0.632. The van der Waals surface area contributed by atoms with E-state index in [0.717, 1.165) is 19.5 Å². The van der Waals surface area contributed by atoms with E-state index in [1.165, 1.54) is 32.2 Å². The fraction of sp³-hybridized carbons (Fsp3) is 0.923.